The third-order valence-electron chi connectivity index (χ3n) is 6.74. The highest BCUT2D eigenvalue weighted by Gasteiger charge is 2.10. The second-order valence-corrected chi connectivity index (χ2v) is 11.9. The lowest BCUT2D eigenvalue weighted by Crippen LogP contribution is -2.20. The summed E-state index contributed by atoms with van der Waals surface area (Å²) in [5.74, 6) is 1.73. The van der Waals surface area contributed by atoms with Crippen molar-refractivity contribution in [1.29, 1.82) is 0 Å². The third kappa shape index (κ3) is 21.3. The highest BCUT2D eigenvalue weighted by Crippen LogP contribution is 2.14. The van der Waals surface area contributed by atoms with E-state index in [0.717, 1.165) is 37.6 Å². The van der Waals surface area contributed by atoms with Crippen LogP contribution in [0, 0.1) is 0 Å². The largest absolute Gasteiger partial charge is 0.616 e. The molecule has 0 spiro atoms. The molecule has 2 atom stereocenters. The molecule has 0 saturated carbocycles. The first kappa shape index (κ1) is 32.5. The van der Waals surface area contributed by atoms with Gasteiger partial charge >= 0.3 is 0 Å². The Morgan fingerprint density at radius 1 is 0.714 bits per heavy atom. The van der Waals surface area contributed by atoms with Gasteiger partial charge in [0, 0.05) is 6.61 Å². The maximum absolute atomic E-state index is 11.4. The fourth-order valence-electron chi connectivity index (χ4n) is 4.40. The van der Waals surface area contributed by atoms with E-state index in [0.29, 0.717) is 6.61 Å². The number of ether oxygens (including phenoxy) is 2. The normalized spacial score (nSPS) is 13.2. The minimum absolute atomic E-state index is 0.216. The Kier molecular flexibility index (Phi) is 23.3. The highest BCUT2D eigenvalue weighted by atomic mass is 32.2. The molecule has 0 aliphatic carbocycles. The van der Waals surface area contributed by atoms with Gasteiger partial charge < -0.3 is 14.0 Å². The van der Waals surface area contributed by atoms with Crippen molar-refractivity contribution >= 4 is 11.2 Å². The van der Waals surface area contributed by atoms with Crippen molar-refractivity contribution in [3.8, 4) is 0 Å². The molecule has 0 N–H and O–H groups in total. The van der Waals surface area contributed by atoms with Crippen LogP contribution >= 0.6 is 0 Å². The number of rotatable bonds is 26. The van der Waals surface area contributed by atoms with Crippen molar-refractivity contribution in [3.63, 3.8) is 0 Å². The molecule has 0 aromatic heterocycles. The fraction of sp³-hybridized carbons (Fsp3) is 0.806. The van der Waals surface area contributed by atoms with Gasteiger partial charge in [-0.3, -0.25) is 0 Å². The molecule has 4 heteroatoms. The van der Waals surface area contributed by atoms with Crippen LogP contribution in [0.2, 0.25) is 0 Å². The van der Waals surface area contributed by atoms with Crippen LogP contribution in [0.5, 0.6) is 0 Å². The van der Waals surface area contributed by atoms with Crippen molar-refractivity contribution in [1.82, 2.24) is 0 Å². The quantitative estimate of drug-likeness (QED) is 0.0926. The molecule has 0 saturated heterocycles. The topological polar surface area (TPSA) is 41.5 Å². The van der Waals surface area contributed by atoms with E-state index < -0.39 is 11.2 Å². The van der Waals surface area contributed by atoms with E-state index >= 15 is 0 Å². The minimum atomic E-state index is -0.567. The molecule has 1 aromatic carbocycles. The molecule has 0 fully saturated rings. The molecule has 35 heavy (non-hydrogen) atoms. The summed E-state index contributed by atoms with van der Waals surface area (Å²) in [6.45, 7) is 6.55. The standard InChI is InChI=1S/C31H56O3S/c1-3-5-18-25-31(34-28-30-23-19-17-20-24-30)29-33-26-21-15-13-11-9-7-6-8-10-12-14-16-22-27-35(32)4-2/h17,19-20,23-24,31H,3-16,18,21-22,25-29H2,1-2H3. The Hall–Kier alpha value is -0.550. The number of hydrogen-bond acceptors (Lipinski definition) is 3. The Bertz CT molecular complexity index is 539. The molecule has 0 radical (unpaired) electrons. The van der Waals surface area contributed by atoms with Crippen molar-refractivity contribution in [2.45, 2.75) is 136 Å². The van der Waals surface area contributed by atoms with Gasteiger partial charge in [0.15, 0.2) is 0 Å². The lowest BCUT2D eigenvalue weighted by molar-refractivity contribution is -0.0302. The lowest BCUT2D eigenvalue weighted by Gasteiger charge is -2.18. The van der Waals surface area contributed by atoms with E-state index in [4.69, 9.17) is 9.47 Å². The summed E-state index contributed by atoms with van der Waals surface area (Å²) in [6.07, 6.45) is 22.2. The van der Waals surface area contributed by atoms with Gasteiger partial charge in [0.1, 0.15) is 11.5 Å². The molecule has 0 aliphatic heterocycles. The molecular weight excluding hydrogens is 452 g/mol. The van der Waals surface area contributed by atoms with Gasteiger partial charge in [-0.05, 0) is 38.2 Å². The van der Waals surface area contributed by atoms with Crippen molar-refractivity contribution in [2.24, 2.45) is 0 Å². The van der Waals surface area contributed by atoms with Gasteiger partial charge in [0.05, 0.1) is 19.3 Å². The zero-order valence-electron chi connectivity index (χ0n) is 23.2. The highest BCUT2D eigenvalue weighted by molar-refractivity contribution is 7.91. The summed E-state index contributed by atoms with van der Waals surface area (Å²) >= 11 is -0.567. The van der Waals surface area contributed by atoms with E-state index in [1.54, 1.807) is 0 Å². The van der Waals surface area contributed by atoms with Gasteiger partial charge in [0.25, 0.3) is 0 Å². The van der Waals surface area contributed by atoms with E-state index in [9.17, 15) is 4.55 Å². The average molecular weight is 509 g/mol. The van der Waals surface area contributed by atoms with Crippen molar-refractivity contribution < 1.29 is 14.0 Å². The smallest absolute Gasteiger partial charge is 0.105 e. The monoisotopic (exact) mass is 508 g/mol. The SMILES string of the molecule is CCCCCC(COCCCCCCCCCCCCCCC[S+]([O-])CC)OCc1ccccc1. The first-order chi connectivity index (χ1) is 17.3. The predicted octanol–water partition coefficient (Wildman–Crippen LogP) is 9.01. The number of benzene rings is 1. The second kappa shape index (κ2) is 25.1. The van der Waals surface area contributed by atoms with E-state index in [1.807, 2.05) is 6.92 Å². The van der Waals surface area contributed by atoms with Crippen LogP contribution in [0.4, 0.5) is 0 Å². The maximum atomic E-state index is 11.4. The lowest BCUT2D eigenvalue weighted by atomic mass is 10.0. The summed E-state index contributed by atoms with van der Waals surface area (Å²) in [4.78, 5) is 0. The number of hydrogen-bond donors (Lipinski definition) is 0. The van der Waals surface area contributed by atoms with Crippen LogP contribution in [0.25, 0.3) is 0 Å². The Labute approximate surface area is 221 Å². The molecule has 0 heterocycles. The molecular formula is C31H56O3S. The van der Waals surface area contributed by atoms with Gasteiger partial charge in [-0.2, -0.15) is 0 Å². The zero-order valence-corrected chi connectivity index (χ0v) is 24.0. The Morgan fingerprint density at radius 2 is 1.29 bits per heavy atom. The molecule has 0 amide bonds. The molecule has 1 rings (SSSR count). The number of unbranched alkanes of at least 4 members (excludes halogenated alkanes) is 14. The summed E-state index contributed by atoms with van der Waals surface area (Å²) in [6, 6.07) is 10.5. The van der Waals surface area contributed by atoms with E-state index in [-0.39, 0.29) is 6.10 Å². The van der Waals surface area contributed by atoms with Crippen LogP contribution in [0.1, 0.15) is 129 Å². The van der Waals surface area contributed by atoms with Crippen molar-refractivity contribution in [2.75, 3.05) is 24.7 Å². The van der Waals surface area contributed by atoms with Crippen LogP contribution in [-0.4, -0.2) is 35.4 Å². The third-order valence-corrected chi connectivity index (χ3v) is 8.13. The van der Waals surface area contributed by atoms with Crippen LogP contribution in [-0.2, 0) is 27.3 Å². The molecule has 2 unspecified atom stereocenters. The Balaban J connectivity index is 1.89. The Morgan fingerprint density at radius 3 is 1.86 bits per heavy atom. The van der Waals surface area contributed by atoms with Gasteiger partial charge in [-0.15, -0.1) is 0 Å². The summed E-state index contributed by atoms with van der Waals surface area (Å²) in [5, 5.41) is 0. The van der Waals surface area contributed by atoms with Gasteiger partial charge in [0.2, 0.25) is 0 Å². The van der Waals surface area contributed by atoms with Crippen LogP contribution in [0.3, 0.4) is 0 Å². The second-order valence-electron chi connectivity index (χ2n) is 10.0. The maximum Gasteiger partial charge on any atom is 0.105 e. The van der Waals surface area contributed by atoms with Crippen molar-refractivity contribution in [3.05, 3.63) is 35.9 Å². The fourth-order valence-corrected chi connectivity index (χ4v) is 5.21. The molecule has 3 nitrogen and oxygen atoms in total. The first-order valence-electron chi connectivity index (χ1n) is 14.8. The molecule has 0 aliphatic rings. The summed E-state index contributed by atoms with van der Waals surface area (Å²) in [7, 11) is 0. The van der Waals surface area contributed by atoms with E-state index in [2.05, 4.69) is 37.3 Å². The van der Waals surface area contributed by atoms with Crippen LogP contribution < -0.4 is 0 Å². The molecule has 0 bridgehead atoms. The molecule has 204 valence electrons. The summed E-state index contributed by atoms with van der Waals surface area (Å²) in [5.41, 5.74) is 1.24. The van der Waals surface area contributed by atoms with E-state index in [1.165, 1.54) is 102 Å². The zero-order chi connectivity index (χ0) is 25.2. The van der Waals surface area contributed by atoms with Gasteiger partial charge in [-0.25, -0.2) is 0 Å². The predicted molar refractivity (Wildman–Crippen MR) is 154 cm³/mol. The summed E-state index contributed by atoms with van der Waals surface area (Å²) < 4.78 is 23.6. The first-order valence-corrected chi connectivity index (χ1v) is 16.3. The minimum Gasteiger partial charge on any atom is -0.616 e. The molecule has 1 aromatic rings. The van der Waals surface area contributed by atoms with Gasteiger partial charge in [-0.1, -0.05) is 132 Å². The van der Waals surface area contributed by atoms with Crippen LogP contribution in [0.15, 0.2) is 30.3 Å². The average Bonchev–Trinajstić information content (AvgIpc) is 2.89.